The highest BCUT2D eigenvalue weighted by molar-refractivity contribution is 3.78. The lowest BCUT2D eigenvalue weighted by atomic mass is 11.5. The molecular weight excluding hydrogens is 102 g/mol. The van der Waals surface area contributed by atoms with Crippen molar-refractivity contribution in [1.29, 1.82) is 0 Å². The fourth-order valence-corrected chi connectivity index (χ4v) is 0.0991. The van der Waals surface area contributed by atoms with Gasteiger partial charge in [-0.3, -0.25) is 4.84 Å². The standard InChI is InChI=1S/C2H7NO4/c3-5-2-7-6-1-4/h4H,1-3H2. The smallest absolute Gasteiger partial charge is 0.200 e. The SMILES string of the molecule is NOCOOCO. The van der Waals surface area contributed by atoms with Crippen molar-refractivity contribution in [3.63, 3.8) is 0 Å². The van der Waals surface area contributed by atoms with Gasteiger partial charge in [0.15, 0.2) is 6.79 Å². The van der Waals surface area contributed by atoms with E-state index in [-0.39, 0.29) is 6.79 Å². The van der Waals surface area contributed by atoms with Gasteiger partial charge in [-0.25, -0.2) is 15.7 Å². The van der Waals surface area contributed by atoms with Gasteiger partial charge in [0, 0.05) is 0 Å². The minimum absolute atomic E-state index is 0.180. The predicted molar refractivity (Wildman–Crippen MR) is 19.4 cm³/mol. The second-order valence-corrected chi connectivity index (χ2v) is 0.649. The van der Waals surface area contributed by atoms with E-state index in [2.05, 4.69) is 20.5 Å². The molecule has 5 nitrogen and oxygen atoms in total. The molecule has 0 aliphatic carbocycles. The minimum Gasteiger partial charge on any atom is -0.368 e. The van der Waals surface area contributed by atoms with Gasteiger partial charge in [0.2, 0.25) is 6.79 Å². The van der Waals surface area contributed by atoms with Crippen LogP contribution in [0.4, 0.5) is 0 Å². The summed E-state index contributed by atoms with van der Waals surface area (Å²) in [5.41, 5.74) is 0. The molecule has 0 aliphatic rings. The third-order valence-corrected chi connectivity index (χ3v) is 0.252. The molecule has 0 spiro atoms. The zero-order chi connectivity index (χ0) is 5.54. The van der Waals surface area contributed by atoms with Gasteiger partial charge in [0.25, 0.3) is 0 Å². The Balaban J connectivity index is 2.45. The Morgan fingerprint density at radius 3 is 2.57 bits per heavy atom. The molecule has 0 saturated carbocycles. The van der Waals surface area contributed by atoms with Crippen molar-refractivity contribution in [3.05, 3.63) is 0 Å². The van der Waals surface area contributed by atoms with Crippen LogP contribution in [-0.4, -0.2) is 18.7 Å². The molecule has 0 amide bonds. The van der Waals surface area contributed by atoms with Gasteiger partial charge in [0.1, 0.15) is 0 Å². The Hall–Kier alpha value is -0.200. The Morgan fingerprint density at radius 2 is 2.14 bits per heavy atom. The summed E-state index contributed by atoms with van der Waals surface area (Å²) in [5, 5.41) is 7.85. The van der Waals surface area contributed by atoms with Crippen LogP contribution >= 0.6 is 0 Å². The summed E-state index contributed by atoms with van der Waals surface area (Å²) in [6.07, 6.45) is 0. The molecular formula is C2H7NO4. The van der Waals surface area contributed by atoms with Gasteiger partial charge < -0.3 is 5.11 Å². The van der Waals surface area contributed by atoms with Gasteiger partial charge in [-0.05, 0) is 0 Å². The Labute approximate surface area is 40.5 Å². The van der Waals surface area contributed by atoms with Crippen LogP contribution in [0.3, 0.4) is 0 Å². The zero-order valence-corrected chi connectivity index (χ0v) is 3.66. The molecule has 0 unspecified atom stereocenters. The van der Waals surface area contributed by atoms with Crippen molar-refractivity contribution < 1.29 is 19.7 Å². The molecule has 0 aromatic carbocycles. The fraction of sp³-hybridized carbons (Fsp3) is 1.00. The number of hydrogen-bond acceptors (Lipinski definition) is 5. The number of nitrogens with two attached hydrogens (primary N) is 1. The highest BCUT2D eigenvalue weighted by atomic mass is 17.2. The molecule has 0 fully saturated rings. The average Bonchev–Trinajstić information content (AvgIpc) is 1.69. The molecule has 0 aromatic rings. The van der Waals surface area contributed by atoms with Crippen LogP contribution in [0, 0.1) is 0 Å². The normalized spacial score (nSPS) is 9.43. The lowest BCUT2D eigenvalue weighted by Gasteiger charge is -1.95. The zero-order valence-electron chi connectivity index (χ0n) is 3.66. The fourth-order valence-electron chi connectivity index (χ4n) is 0.0991. The first-order valence-electron chi connectivity index (χ1n) is 1.58. The molecule has 0 rings (SSSR count). The summed E-state index contributed by atoms with van der Waals surface area (Å²) >= 11 is 0. The van der Waals surface area contributed by atoms with Crippen molar-refractivity contribution in [2.24, 2.45) is 5.90 Å². The van der Waals surface area contributed by atoms with Gasteiger partial charge in [-0.1, -0.05) is 0 Å². The maximum Gasteiger partial charge on any atom is 0.200 e. The summed E-state index contributed by atoms with van der Waals surface area (Å²) in [6, 6.07) is 0. The van der Waals surface area contributed by atoms with E-state index >= 15 is 0 Å². The van der Waals surface area contributed by atoms with Crippen LogP contribution in [0.25, 0.3) is 0 Å². The van der Waals surface area contributed by atoms with E-state index < -0.39 is 6.79 Å². The predicted octanol–water partition coefficient (Wildman–Crippen LogP) is -1.27. The molecule has 0 atom stereocenters. The monoisotopic (exact) mass is 109 g/mol. The Kier molecular flexibility index (Phi) is 5.63. The maximum absolute atomic E-state index is 7.85. The molecule has 5 heteroatoms. The molecule has 7 heavy (non-hydrogen) atoms. The van der Waals surface area contributed by atoms with Gasteiger partial charge in [0.05, 0.1) is 0 Å². The Morgan fingerprint density at radius 1 is 1.43 bits per heavy atom. The first-order valence-corrected chi connectivity index (χ1v) is 1.58. The maximum atomic E-state index is 7.85. The van der Waals surface area contributed by atoms with Crippen LogP contribution in [0.1, 0.15) is 0 Å². The van der Waals surface area contributed by atoms with E-state index in [1.54, 1.807) is 0 Å². The molecule has 0 saturated heterocycles. The van der Waals surface area contributed by atoms with Crippen molar-refractivity contribution >= 4 is 0 Å². The van der Waals surface area contributed by atoms with E-state index in [9.17, 15) is 0 Å². The lowest BCUT2D eigenvalue weighted by Crippen LogP contribution is -2.05. The van der Waals surface area contributed by atoms with Gasteiger partial charge in [-0.15, -0.1) is 0 Å². The number of rotatable bonds is 4. The highest BCUT2D eigenvalue weighted by Gasteiger charge is 1.78. The quantitative estimate of drug-likeness (QED) is 0.204. The second kappa shape index (κ2) is 5.80. The Bertz CT molecular complexity index is 28.9. The summed E-state index contributed by atoms with van der Waals surface area (Å²) in [6.45, 7) is -0.677. The molecule has 44 valence electrons. The van der Waals surface area contributed by atoms with Gasteiger partial charge >= 0.3 is 0 Å². The second-order valence-electron chi connectivity index (χ2n) is 0.649. The molecule has 0 bridgehead atoms. The van der Waals surface area contributed by atoms with Crippen molar-refractivity contribution in [1.82, 2.24) is 0 Å². The molecule has 0 radical (unpaired) electrons. The van der Waals surface area contributed by atoms with E-state index in [1.807, 2.05) is 0 Å². The van der Waals surface area contributed by atoms with E-state index in [0.717, 1.165) is 0 Å². The first-order chi connectivity index (χ1) is 3.41. The van der Waals surface area contributed by atoms with Crippen LogP contribution in [-0.2, 0) is 14.6 Å². The summed E-state index contributed by atoms with van der Waals surface area (Å²) in [4.78, 5) is 11.8. The van der Waals surface area contributed by atoms with E-state index in [1.165, 1.54) is 0 Å². The molecule has 3 N–H and O–H groups in total. The third kappa shape index (κ3) is 5.80. The summed E-state index contributed by atoms with van der Waals surface area (Å²) in [7, 11) is 0. The van der Waals surface area contributed by atoms with Crippen molar-refractivity contribution in [2.45, 2.75) is 0 Å². The highest BCUT2D eigenvalue weighted by Crippen LogP contribution is 1.71. The van der Waals surface area contributed by atoms with Crippen molar-refractivity contribution in [2.75, 3.05) is 13.6 Å². The van der Waals surface area contributed by atoms with Crippen LogP contribution in [0.5, 0.6) is 0 Å². The minimum atomic E-state index is -0.497. The third-order valence-electron chi connectivity index (χ3n) is 0.252. The summed E-state index contributed by atoms with van der Waals surface area (Å²) < 4.78 is 0. The van der Waals surface area contributed by atoms with Crippen LogP contribution in [0.15, 0.2) is 0 Å². The van der Waals surface area contributed by atoms with Crippen molar-refractivity contribution in [3.8, 4) is 0 Å². The number of hydrogen-bond donors (Lipinski definition) is 2. The lowest BCUT2D eigenvalue weighted by molar-refractivity contribution is -0.363. The van der Waals surface area contributed by atoms with Gasteiger partial charge in [-0.2, -0.15) is 0 Å². The van der Waals surface area contributed by atoms with E-state index in [4.69, 9.17) is 5.11 Å². The number of aliphatic hydroxyl groups is 1. The van der Waals surface area contributed by atoms with E-state index in [0.29, 0.717) is 0 Å². The molecule has 0 aromatic heterocycles. The largest absolute Gasteiger partial charge is 0.368 e. The summed E-state index contributed by atoms with van der Waals surface area (Å²) in [5.74, 6) is 4.48. The molecule has 0 heterocycles. The molecule has 0 aliphatic heterocycles. The first kappa shape index (κ1) is 6.80. The topological polar surface area (TPSA) is 73.9 Å². The van der Waals surface area contributed by atoms with Crippen LogP contribution < -0.4 is 5.90 Å². The average molecular weight is 109 g/mol. The number of aliphatic hydroxyl groups excluding tert-OH is 1. The van der Waals surface area contributed by atoms with Crippen LogP contribution in [0.2, 0.25) is 0 Å².